The van der Waals surface area contributed by atoms with E-state index in [-0.39, 0.29) is 11.9 Å². The largest absolute Gasteiger partial charge is 0.463 e. The van der Waals surface area contributed by atoms with Crippen LogP contribution in [0, 0.1) is 0 Å². The Morgan fingerprint density at radius 1 is 0.542 bits per heavy atom. The molecule has 24 heavy (non-hydrogen) atoms. The third kappa shape index (κ3) is 15.5. The lowest BCUT2D eigenvalue weighted by molar-refractivity contribution is -0.138. The van der Waals surface area contributed by atoms with Gasteiger partial charge in [-0.15, -0.1) is 0 Å². The topological polar surface area (TPSA) is 52.6 Å². The first-order chi connectivity index (χ1) is 11.7. The van der Waals surface area contributed by atoms with E-state index in [1.165, 1.54) is 12.2 Å². The van der Waals surface area contributed by atoms with Gasteiger partial charge in [-0.2, -0.15) is 0 Å². The van der Waals surface area contributed by atoms with Crippen LogP contribution in [0.1, 0.15) is 13.8 Å². The van der Waals surface area contributed by atoms with E-state index < -0.39 is 0 Å². The summed E-state index contributed by atoms with van der Waals surface area (Å²) in [5, 5.41) is 0. The average molecular weight is 328 g/mol. The Morgan fingerprint density at radius 2 is 0.792 bits per heavy atom. The third-order valence-electron chi connectivity index (χ3n) is 2.26. The first kappa shape index (κ1) is 21.1. The number of ether oxygens (including phenoxy) is 2. The van der Waals surface area contributed by atoms with Gasteiger partial charge in [0.05, 0.1) is 13.2 Å². The molecule has 0 aliphatic rings. The van der Waals surface area contributed by atoms with E-state index in [0.717, 1.165) is 0 Å². The van der Waals surface area contributed by atoms with Gasteiger partial charge in [-0.25, -0.2) is 9.59 Å². The smallest absolute Gasteiger partial charge is 0.330 e. The van der Waals surface area contributed by atoms with E-state index in [9.17, 15) is 9.59 Å². The minimum atomic E-state index is -0.346. The Morgan fingerprint density at radius 3 is 1.04 bits per heavy atom. The van der Waals surface area contributed by atoms with Crippen molar-refractivity contribution in [3.63, 3.8) is 0 Å². The highest BCUT2D eigenvalue weighted by molar-refractivity contribution is 5.82. The second-order valence-corrected chi connectivity index (χ2v) is 4.15. The van der Waals surface area contributed by atoms with E-state index >= 15 is 0 Å². The number of carbonyl (C=O) groups is 2. The molecule has 0 saturated carbocycles. The van der Waals surface area contributed by atoms with Crippen LogP contribution < -0.4 is 0 Å². The van der Waals surface area contributed by atoms with Crippen molar-refractivity contribution in [1.29, 1.82) is 0 Å². The number of carbonyl (C=O) groups excluding carboxylic acids is 2. The standard InChI is InChI=1S/C20H24O4/c1-3-23-19(21)17-15-13-11-9-7-5-6-8-10-12-14-16-18-20(22)24-4-2/h5-18H,3-4H2,1-2H3. The van der Waals surface area contributed by atoms with Gasteiger partial charge in [0, 0.05) is 12.2 Å². The lowest BCUT2D eigenvalue weighted by Gasteiger charge is -1.92. The van der Waals surface area contributed by atoms with Crippen molar-refractivity contribution in [2.45, 2.75) is 13.8 Å². The Bertz CT molecular complexity index is 508. The highest BCUT2D eigenvalue weighted by Gasteiger charge is 1.90. The molecule has 4 heteroatoms. The summed E-state index contributed by atoms with van der Waals surface area (Å²) in [5.74, 6) is -0.692. The molecule has 0 rings (SSSR count). The third-order valence-corrected chi connectivity index (χ3v) is 2.26. The van der Waals surface area contributed by atoms with Gasteiger partial charge < -0.3 is 9.47 Å². The summed E-state index contributed by atoms with van der Waals surface area (Å²) in [6, 6.07) is 0. The van der Waals surface area contributed by atoms with Crippen LogP contribution in [0.25, 0.3) is 0 Å². The summed E-state index contributed by atoms with van der Waals surface area (Å²) in [7, 11) is 0. The van der Waals surface area contributed by atoms with Crippen molar-refractivity contribution in [3.8, 4) is 0 Å². The van der Waals surface area contributed by atoms with Crippen LogP contribution in [-0.2, 0) is 19.1 Å². The van der Waals surface area contributed by atoms with Crippen molar-refractivity contribution >= 4 is 11.9 Å². The minimum absolute atomic E-state index is 0.346. The zero-order valence-electron chi connectivity index (χ0n) is 14.1. The van der Waals surface area contributed by atoms with Crippen molar-refractivity contribution in [2.75, 3.05) is 13.2 Å². The predicted octanol–water partition coefficient (Wildman–Crippen LogP) is 4.01. The number of esters is 2. The molecule has 0 aliphatic heterocycles. The molecule has 0 atom stereocenters. The second-order valence-electron chi connectivity index (χ2n) is 4.15. The van der Waals surface area contributed by atoms with Gasteiger partial charge in [-0.1, -0.05) is 72.9 Å². The van der Waals surface area contributed by atoms with E-state index in [1.807, 2.05) is 48.6 Å². The zero-order valence-corrected chi connectivity index (χ0v) is 14.1. The van der Waals surface area contributed by atoms with Crippen molar-refractivity contribution in [1.82, 2.24) is 0 Å². The van der Waals surface area contributed by atoms with Gasteiger partial charge in [0.2, 0.25) is 0 Å². The molecule has 0 aromatic carbocycles. The van der Waals surface area contributed by atoms with Gasteiger partial charge >= 0.3 is 11.9 Å². The fourth-order valence-electron chi connectivity index (χ4n) is 1.29. The molecule has 0 N–H and O–H groups in total. The molecule has 0 aromatic heterocycles. The Labute approximate surface area is 143 Å². The van der Waals surface area contributed by atoms with Gasteiger partial charge in [0.1, 0.15) is 0 Å². The highest BCUT2D eigenvalue weighted by Crippen LogP contribution is 1.87. The molecular weight excluding hydrogens is 304 g/mol. The van der Waals surface area contributed by atoms with Crippen LogP contribution in [0.4, 0.5) is 0 Å². The molecule has 0 unspecified atom stereocenters. The molecule has 0 amide bonds. The maximum Gasteiger partial charge on any atom is 0.330 e. The summed E-state index contributed by atoms with van der Waals surface area (Å²) in [6.07, 6.45) is 24.3. The molecule has 0 radical (unpaired) electrons. The highest BCUT2D eigenvalue weighted by atomic mass is 16.5. The average Bonchev–Trinajstić information content (AvgIpc) is 2.55. The van der Waals surface area contributed by atoms with Gasteiger partial charge in [0.15, 0.2) is 0 Å². The van der Waals surface area contributed by atoms with Crippen LogP contribution in [0.2, 0.25) is 0 Å². The Hall–Kier alpha value is -2.88. The van der Waals surface area contributed by atoms with Crippen molar-refractivity contribution in [3.05, 3.63) is 85.1 Å². The lowest BCUT2D eigenvalue weighted by atomic mass is 10.3. The van der Waals surface area contributed by atoms with Gasteiger partial charge in [-0.05, 0) is 13.8 Å². The molecule has 0 saturated heterocycles. The van der Waals surface area contributed by atoms with Crippen LogP contribution in [0.5, 0.6) is 0 Å². The fraction of sp³-hybridized carbons (Fsp3) is 0.200. The molecule has 0 bridgehead atoms. The molecule has 0 aliphatic carbocycles. The quantitative estimate of drug-likeness (QED) is 0.345. The summed E-state index contributed by atoms with van der Waals surface area (Å²) in [6.45, 7) is 4.28. The summed E-state index contributed by atoms with van der Waals surface area (Å²) in [5.41, 5.74) is 0. The maximum atomic E-state index is 11.0. The molecule has 4 nitrogen and oxygen atoms in total. The molecule has 0 aromatic rings. The molecule has 0 fully saturated rings. The summed E-state index contributed by atoms with van der Waals surface area (Å²) >= 11 is 0. The predicted molar refractivity (Wildman–Crippen MR) is 97.2 cm³/mol. The Balaban J connectivity index is 3.95. The monoisotopic (exact) mass is 328 g/mol. The van der Waals surface area contributed by atoms with E-state index in [1.54, 1.807) is 38.2 Å². The van der Waals surface area contributed by atoms with Crippen LogP contribution in [0.3, 0.4) is 0 Å². The number of hydrogen-bond donors (Lipinski definition) is 0. The Kier molecular flexibility index (Phi) is 14.5. The number of allylic oxidation sites excluding steroid dienone is 12. The SMILES string of the molecule is CCOC(=O)C=CC=CC=CC=CC=CC=CC=CC(=O)OCC. The van der Waals surface area contributed by atoms with Crippen molar-refractivity contribution < 1.29 is 19.1 Å². The summed E-state index contributed by atoms with van der Waals surface area (Å²) in [4.78, 5) is 22.0. The molecular formula is C20H24O4. The normalized spacial score (nSPS) is 12.9. The second kappa shape index (κ2) is 16.5. The number of hydrogen-bond acceptors (Lipinski definition) is 4. The fourth-order valence-corrected chi connectivity index (χ4v) is 1.29. The lowest BCUT2D eigenvalue weighted by Crippen LogP contribution is -1.98. The van der Waals surface area contributed by atoms with Gasteiger partial charge in [0.25, 0.3) is 0 Å². The maximum absolute atomic E-state index is 11.0. The van der Waals surface area contributed by atoms with Crippen LogP contribution >= 0.6 is 0 Å². The van der Waals surface area contributed by atoms with E-state index in [0.29, 0.717) is 13.2 Å². The minimum Gasteiger partial charge on any atom is -0.463 e. The number of rotatable bonds is 10. The van der Waals surface area contributed by atoms with E-state index in [2.05, 4.69) is 0 Å². The molecule has 0 heterocycles. The van der Waals surface area contributed by atoms with Crippen molar-refractivity contribution in [2.24, 2.45) is 0 Å². The molecule has 0 spiro atoms. The van der Waals surface area contributed by atoms with Crippen LogP contribution in [-0.4, -0.2) is 25.2 Å². The first-order valence-corrected chi connectivity index (χ1v) is 7.72. The first-order valence-electron chi connectivity index (χ1n) is 7.72. The summed E-state index contributed by atoms with van der Waals surface area (Å²) < 4.78 is 9.48. The molecule has 128 valence electrons. The van der Waals surface area contributed by atoms with Gasteiger partial charge in [-0.3, -0.25) is 0 Å². The van der Waals surface area contributed by atoms with Crippen LogP contribution in [0.15, 0.2) is 85.1 Å². The van der Waals surface area contributed by atoms with E-state index in [4.69, 9.17) is 9.47 Å². The zero-order chi connectivity index (χ0) is 17.9.